The maximum absolute atomic E-state index is 13.4. The number of aryl methyl sites for hydroxylation is 1. The Hall–Kier alpha value is -3.46. The maximum atomic E-state index is 13.4. The number of unbranched alkanes of at least 4 members (excludes halogenated alkanes) is 2. The van der Waals surface area contributed by atoms with Gasteiger partial charge in [0.15, 0.2) is 0 Å². The monoisotopic (exact) mass is 493 g/mol. The van der Waals surface area contributed by atoms with Crippen molar-refractivity contribution in [3.63, 3.8) is 0 Å². The minimum absolute atomic E-state index is 0.0774. The molecule has 0 aliphatic carbocycles. The molecule has 3 heterocycles. The molecule has 8 nitrogen and oxygen atoms in total. The van der Waals surface area contributed by atoms with E-state index in [2.05, 4.69) is 37.3 Å². The molecule has 3 aromatic rings. The van der Waals surface area contributed by atoms with Gasteiger partial charge in [0, 0.05) is 63.8 Å². The zero-order valence-electron chi connectivity index (χ0n) is 21.2. The van der Waals surface area contributed by atoms with Crippen molar-refractivity contribution in [3.8, 4) is 11.3 Å². The summed E-state index contributed by atoms with van der Waals surface area (Å²) in [5, 5.41) is 10.3. The lowest BCUT2D eigenvalue weighted by Crippen LogP contribution is -2.44. The van der Waals surface area contributed by atoms with Crippen LogP contribution in [0.25, 0.3) is 11.3 Å². The molecule has 1 aliphatic rings. The Morgan fingerprint density at radius 3 is 2.69 bits per heavy atom. The van der Waals surface area contributed by atoms with Crippen molar-refractivity contribution in [2.24, 2.45) is 0 Å². The number of nitrogens with zero attached hydrogens (tertiary/aromatic N) is 5. The average molecular weight is 494 g/mol. The fourth-order valence-electron chi connectivity index (χ4n) is 4.28. The maximum Gasteiger partial charge on any atom is 0.317 e. The molecule has 0 atom stereocenters. The quantitative estimate of drug-likeness (QED) is 0.419. The van der Waals surface area contributed by atoms with E-state index < -0.39 is 0 Å². The summed E-state index contributed by atoms with van der Waals surface area (Å²) in [5.41, 5.74) is 3.55. The molecule has 1 fully saturated rings. The van der Waals surface area contributed by atoms with Crippen LogP contribution in [-0.4, -0.2) is 77.8 Å². The van der Waals surface area contributed by atoms with Gasteiger partial charge in [0.05, 0.1) is 5.69 Å². The number of amides is 2. The number of likely N-dealkylation sites (N-methyl/N-ethyl adjacent to an activating group) is 1. The number of piperazine rings is 1. The summed E-state index contributed by atoms with van der Waals surface area (Å²) in [7, 11) is 3.96. The number of hydrogen-bond donors (Lipinski definition) is 2. The van der Waals surface area contributed by atoms with Crippen LogP contribution in [-0.2, 0) is 13.0 Å². The summed E-state index contributed by atoms with van der Waals surface area (Å²) in [6, 6.07) is 12.4. The largest absolute Gasteiger partial charge is 0.354 e. The van der Waals surface area contributed by atoms with E-state index in [-0.39, 0.29) is 11.8 Å². The first-order valence-corrected chi connectivity index (χ1v) is 12.7. The van der Waals surface area contributed by atoms with Gasteiger partial charge in [-0.25, -0.2) is 14.2 Å². The van der Waals surface area contributed by atoms with Gasteiger partial charge in [-0.2, -0.15) is 5.10 Å². The van der Waals surface area contributed by atoms with Crippen LogP contribution in [0.1, 0.15) is 30.5 Å². The van der Waals surface area contributed by atoms with Crippen LogP contribution < -0.4 is 10.2 Å². The van der Waals surface area contributed by atoms with Gasteiger partial charge in [-0.1, -0.05) is 24.6 Å². The third kappa shape index (κ3) is 7.27. The Kier molecular flexibility index (Phi) is 8.89. The number of urea groups is 1. The first-order valence-electron chi connectivity index (χ1n) is 12.7. The second-order valence-corrected chi connectivity index (χ2v) is 9.49. The third-order valence-corrected chi connectivity index (χ3v) is 6.62. The van der Waals surface area contributed by atoms with E-state index in [0.29, 0.717) is 13.1 Å². The minimum atomic E-state index is -0.263. The van der Waals surface area contributed by atoms with Crippen LogP contribution in [0.15, 0.2) is 48.7 Å². The summed E-state index contributed by atoms with van der Waals surface area (Å²) in [4.78, 5) is 23.4. The molecule has 0 radical (unpaired) electrons. The summed E-state index contributed by atoms with van der Waals surface area (Å²) in [6.07, 6.45) is 5.64. The van der Waals surface area contributed by atoms with E-state index in [1.54, 1.807) is 11.0 Å². The molecule has 192 valence electrons. The van der Waals surface area contributed by atoms with Crippen LogP contribution >= 0.6 is 0 Å². The van der Waals surface area contributed by atoms with Crippen molar-refractivity contribution in [1.29, 1.82) is 0 Å². The van der Waals surface area contributed by atoms with Crippen molar-refractivity contribution in [3.05, 3.63) is 65.7 Å². The van der Waals surface area contributed by atoms with Crippen LogP contribution in [0, 0.1) is 5.82 Å². The van der Waals surface area contributed by atoms with Crippen molar-refractivity contribution in [2.75, 3.05) is 51.7 Å². The van der Waals surface area contributed by atoms with Gasteiger partial charge in [-0.15, -0.1) is 0 Å². The Bertz CT molecular complexity index is 1110. The smallest absolute Gasteiger partial charge is 0.317 e. The lowest BCUT2D eigenvalue weighted by molar-refractivity contribution is 0.207. The highest BCUT2D eigenvalue weighted by Crippen LogP contribution is 2.19. The van der Waals surface area contributed by atoms with Gasteiger partial charge in [0.1, 0.15) is 11.6 Å². The predicted octanol–water partition coefficient (Wildman–Crippen LogP) is 3.92. The molecule has 1 aliphatic heterocycles. The highest BCUT2D eigenvalue weighted by molar-refractivity contribution is 5.73. The molecule has 4 rings (SSSR count). The zero-order chi connectivity index (χ0) is 25.3. The van der Waals surface area contributed by atoms with Gasteiger partial charge in [0.2, 0.25) is 0 Å². The SMILES string of the molecule is CN1CCN(c2ccc(CNC(=O)N(C)CCCCCc3cc(-c4cccc(F)c4)n[nH]3)cn2)CC1. The number of nitrogens with one attached hydrogen (secondary N) is 2. The van der Waals surface area contributed by atoms with E-state index in [1.807, 2.05) is 37.5 Å². The van der Waals surface area contributed by atoms with Gasteiger partial charge in [0.25, 0.3) is 0 Å². The molecule has 0 saturated carbocycles. The number of halogens is 1. The number of H-pyrrole nitrogens is 1. The summed E-state index contributed by atoms with van der Waals surface area (Å²) in [6.45, 7) is 5.24. The fraction of sp³-hybridized carbons (Fsp3) is 0.444. The van der Waals surface area contributed by atoms with E-state index >= 15 is 0 Å². The van der Waals surface area contributed by atoms with Crippen molar-refractivity contribution in [2.45, 2.75) is 32.2 Å². The number of aromatic nitrogens is 3. The number of hydrogen-bond acceptors (Lipinski definition) is 5. The molecule has 2 aromatic heterocycles. The van der Waals surface area contributed by atoms with Crippen molar-refractivity contribution >= 4 is 11.8 Å². The van der Waals surface area contributed by atoms with Crippen LogP contribution in [0.4, 0.5) is 15.0 Å². The molecular formula is C27H36FN7O. The number of carbonyl (C=O) groups is 1. The number of rotatable bonds is 10. The van der Waals surface area contributed by atoms with E-state index in [0.717, 1.165) is 80.2 Å². The Labute approximate surface area is 212 Å². The molecule has 0 unspecified atom stereocenters. The molecule has 36 heavy (non-hydrogen) atoms. The first-order chi connectivity index (χ1) is 17.5. The zero-order valence-corrected chi connectivity index (χ0v) is 21.2. The summed E-state index contributed by atoms with van der Waals surface area (Å²) in [5.74, 6) is 0.733. The highest BCUT2D eigenvalue weighted by atomic mass is 19.1. The summed E-state index contributed by atoms with van der Waals surface area (Å²) < 4.78 is 13.4. The van der Waals surface area contributed by atoms with E-state index in [4.69, 9.17) is 0 Å². The van der Waals surface area contributed by atoms with Gasteiger partial charge < -0.3 is 20.0 Å². The lowest BCUT2D eigenvalue weighted by Gasteiger charge is -2.33. The van der Waals surface area contributed by atoms with Crippen LogP contribution in [0.2, 0.25) is 0 Å². The average Bonchev–Trinajstić information content (AvgIpc) is 3.37. The fourth-order valence-corrected chi connectivity index (χ4v) is 4.28. The molecular weight excluding hydrogens is 457 g/mol. The standard InChI is InChI=1S/C27H36FN7O/c1-33-13-15-35(16-14-33)26-11-10-21(19-29-26)20-30-27(36)34(2)12-5-3-4-9-24-18-25(32-31-24)22-7-6-8-23(28)17-22/h6-8,10-11,17-19H,3-5,9,12-16,20H2,1-2H3,(H,30,36)(H,31,32). The molecule has 9 heteroatoms. The molecule has 2 N–H and O–H groups in total. The number of carbonyl (C=O) groups excluding carboxylic acids is 1. The van der Waals surface area contributed by atoms with Crippen LogP contribution in [0.3, 0.4) is 0 Å². The minimum Gasteiger partial charge on any atom is -0.354 e. The lowest BCUT2D eigenvalue weighted by atomic mass is 10.1. The number of pyridine rings is 1. The van der Waals surface area contributed by atoms with Gasteiger partial charge in [-0.05, 0) is 56.1 Å². The van der Waals surface area contributed by atoms with Crippen LogP contribution in [0.5, 0.6) is 0 Å². The number of anilines is 1. The second-order valence-electron chi connectivity index (χ2n) is 9.49. The Morgan fingerprint density at radius 1 is 1.11 bits per heavy atom. The van der Waals surface area contributed by atoms with Gasteiger partial charge in [-0.3, -0.25) is 5.10 Å². The molecule has 0 bridgehead atoms. The van der Waals surface area contributed by atoms with E-state index in [1.165, 1.54) is 12.1 Å². The molecule has 1 aromatic carbocycles. The van der Waals surface area contributed by atoms with Gasteiger partial charge >= 0.3 is 6.03 Å². The molecule has 2 amide bonds. The second kappa shape index (κ2) is 12.5. The third-order valence-electron chi connectivity index (χ3n) is 6.62. The Morgan fingerprint density at radius 2 is 1.94 bits per heavy atom. The normalized spacial score (nSPS) is 14.1. The number of benzene rings is 1. The van der Waals surface area contributed by atoms with Crippen molar-refractivity contribution in [1.82, 2.24) is 30.3 Å². The molecule has 0 spiro atoms. The highest BCUT2D eigenvalue weighted by Gasteiger charge is 2.15. The number of aromatic amines is 1. The molecule has 1 saturated heterocycles. The Balaban J connectivity index is 1.11. The van der Waals surface area contributed by atoms with Crippen molar-refractivity contribution < 1.29 is 9.18 Å². The predicted molar refractivity (Wildman–Crippen MR) is 140 cm³/mol. The topological polar surface area (TPSA) is 80.4 Å². The summed E-state index contributed by atoms with van der Waals surface area (Å²) >= 11 is 0. The van der Waals surface area contributed by atoms with E-state index in [9.17, 15) is 9.18 Å². The first kappa shape index (κ1) is 25.6.